The summed E-state index contributed by atoms with van der Waals surface area (Å²) in [6.07, 6.45) is 1.38. The second-order valence-corrected chi connectivity index (χ2v) is 6.74. The Bertz CT molecular complexity index is 689. The third kappa shape index (κ3) is 4.62. The minimum absolute atomic E-state index is 0. The molecule has 1 aliphatic heterocycles. The van der Waals surface area contributed by atoms with E-state index in [9.17, 15) is 4.79 Å². The Kier molecular flexibility index (Phi) is 7.03. The van der Waals surface area contributed by atoms with E-state index in [0.29, 0.717) is 24.8 Å². The topological polar surface area (TPSA) is 46.3 Å². The van der Waals surface area contributed by atoms with Crippen LogP contribution in [0.4, 0.5) is 0 Å². The number of halogens is 1. The highest BCUT2D eigenvalue weighted by molar-refractivity contribution is 5.85. The standard InChI is InChI=1S/C21H26N2O.ClH/c1-16-7-5-6-8-17(16)11-12-21(24)23-14-19(13-22)20(15-23)18-9-3-2-4-10-18;/h2-10,19-20H,11-15,22H2,1H3;1H/t19-,20+;/m1./s1. The van der Waals surface area contributed by atoms with Gasteiger partial charge in [0.15, 0.2) is 0 Å². The van der Waals surface area contributed by atoms with Crippen molar-refractivity contribution in [2.24, 2.45) is 11.7 Å². The van der Waals surface area contributed by atoms with Crippen LogP contribution in [0.3, 0.4) is 0 Å². The van der Waals surface area contributed by atoms with E-state index in [1.807, 2.05) is 23.1 Å². The van der Waals surface area contributed by atoms with E-state index in [1.54, 1.807) is 0 Å². The molecule has 4 heteroatoms. The van der Waals surface area contributed by atoms with Gasteiger partial charge < -0.3 is 10.6 Å². The van der Waals surface area contributed by atoms with Crippen LogP contribution in [0.5, 0.6) is 0 Å². The first-order chi connectivity index (χ1) is 11.7. The monoisotopic (exact) mass is 358 g/mol. The van der Waals surface area contributed by atoms with Gasteiger partial charge in [-0.3, -0.25) is 4.79 Å². The van der Waals surface area contributed by atoms with Crippen molar-refractivity contribution < 1.29 is 4.79 Å². The fraction of sp³-hybridized carbons (Fsp3) is 0.381. The number of hydrogen-bond acceptors (Lipinski definition) is 2. The molecule has 3 nitrogen and oxygen atoms in total. The van der Waals surface area contributed by atoms with Gasteiger partial charge in [-0.1, -0.05) is 54.6 Å². The first-order valence-electron chi connectivity index (χ1n) is 8.76. The number of hydrogen-bond donors (Lipinski definition) is 1. The van der Waals surface area contributed by atoms with Gasteiger partial charge in [-0.15, -0.1) is 12.4 Å². The van der Waals surface area contributed by atoms with Gasteiger partial charge in [-0.2, -0.15) is 0 Å². The van der Waals surface area contributed by atoms with Gasteiger partial charge in [-0.05, 0) is 42.5 Å². The van der Waals surface area contributed by atoms with E-state index in [2.05, 4.69) is 43.3 Å². The number of carbonyl (C=O) groups is 1. The van der Waals surface area contributed by atoms with Crippen LogP contribution < -0.4 is 5.73 Å². The predicted molar refractivity (Wildman–Crippen MR) is 105 cm³/mol. The largest absolute Gasteiger partial charge is 0.342 e. The maximum absolute atomic E-state index is 12.7. The summed E-state index contributed by atoms with van der Waals surface area (Å²) in [6, 6.07) is 18.7. The minimum Gasteiger partial charge on any atom is -0.342 e. The van der Waals surface area contributed by atoms with Gasteiger partial charge in [0.05, 0.1) is 0 Å². The van der Waals surface area contributed by atoms with Gasteiger partial charge in [0.25, 0.3) is 0 Å². The molecule has 0 radical (unpaired) electrons. The Morgan fingerprint density at radius 2 is 1.76 bits per heavy atom. The smallest absolute Gasteiger partial charge is 0.222 e. The quantitative estimate of drug-likeness (QED) is 0.888. The van der Waals surface area contributed by atoms with E-state index < -0.39 is 0 Å². The molecule has 2 aromatic rings. The summed E-state index contributed by atoms with van der Waals surface area (Å²) < 4.78 is 0. The summed E-state index contributed by atoms with van der Waals surface area (Å²) in [5, 5.41) is 0. The molecule has 2 atom stereocenters. The SMILES string of the molecule is Cc1ccccc1CCC(=O)N1C[C@@H](CN)[C@H](c2ccccc2)C1.Cl. The van der Waals surface area contributed by atoms with Crippen molar-refractivity contribution in [3.63, 3.8) is 0 Å². The Hall–Kier alpha value is -1.84. The number of rotatable bonds is 5. The molecule has 1 fully saturated rings. The van der Waals surface area contributed by atoms with Crippen molar-refractivity contribution in [1.82, 2.24) is 4.90 Å². The molecule has 0 spiro atoms. The number of likely N-dealkylation sites (tertiary alicyclic amines) is 1. The molecule has 0 saturated carbocycles. The van der Waals surface area contributed by atoms with Gasteiger partial charge in [0.2, 0.25) is 5.91 Å². The van der Waals surface area contributed by atoms with Crippen molar-refractivity contribution in [3.8, 4) is 0 Å². The van der Waals surface area contributed by atoms with Crippen LogP contribution in [0.2, 0.25) is 0 Å². The molecule has 0 aromatic heterocycles. The number of amides is 1. The van der Waals surface area contributed by atoms with Crippen LogP contribution in [0.1, 0.15) is 29.0 Å². The molecule has 2 aromatic carbocycles. The average Bonchev–Trinajstić information content (AvgIpc) is 3.06. The molecular formula is C21H27ClN2O. The molecule has 1 amide bonds. The number of nitrogens with zero attached hydrogens (tertiary/aromatic N) is 1. The minimum atomic E-state index is 0. The maximum Gasteiger partial charge on any atom is 0.222 e. The fourth-order valence-corrected chi connectivity index (χ4v) is 3.68. The lowest BCUT2D eigenvalue weighted by Gasteiger charge is -2.17. The molecule has 1 heterocycles. The van der Waals surface area contributed by atoms with Gasteiger partial charge >= 0.3 is 0 Å². The summed E-state index contributed by atoms with van der Waals surface area (Å²) in [5.41, 5.74) is 9.79. The van der Waals surface area contributed by atoms with Crippen LogP contribution in [-0.4, -0.2) is 30.4 Å². The second-order valence-electron chi connectivity index (χ2n) is 6.74. The van der Waals surface area contributed by atoms with E-state index in [-0.39, 0.29) is 18.3 Å². The Balaban J connectivity index is 0.00000225. The lowest BCUT2D eigenvalue weighted by atomic mass is 9.89. The van der Waals surface area contributed by atoms with Crippen LogP contribution in [0.25, 0.3) is 0 Å². The number of nitrogens with two attached hydrogens (primary N) is 1. The van der Waals surface area contributed by atoms with Crippen LogP contribution >= 0.6 is 12.4 Å². The summed E-state index contributed by atoms with van der Waals surface area (Å²) in [5.74, 6) is 0.962. The summed E-state index contributed by atoms with van der Waals surface area (Å²) in [4.78, 5) is 14.7. The third-order valence-electron chi connectivity index (χ3n) is 5.19. The first-order valence-corrected chi connectivity index (χ1v) is 8.76. The van der Waals surface area contributed by atoms with E-state index in [1.165, 1.54) is 16.7 Å². The molecule has 0 aliphatic carbocycles. The molecule has 134 valence electrons. The van der Waals surface area contributed by atoms with Crippen molar-refractivity contribution in [1.29, 1.82) is 0 Å². The van der Waals surface area contributed by atoms with E-state index in [0.717, 1.165) is 19.5 Å². The summed E-state index contributed by atoms with van der Waals surface area (Å²) >= 11 is 0. The molecule has 1 saturated heterocycles. The van der Waals surface area contributed by atoms with E-state index in [4.69, 9.17) is 5.73 Å². The van der Waals surface area contributed by atoms with Crippen molar-refractivity contribution >= 4 is 18.3 Å². The zero-order chi connectivity index (χ0) is 16.9. The lowest BCUT2D eigenvalue weighted by Crippen LogP contribution is -2.30. The Labute approximate surface area is 156 Å². The third-order valence-corrected chi connectivity index (χ3v) is 5.19. The fourth-order valence-electron chi connectivity index (χ4n) is 3.68. The molecule has 3 rings (SSSR count). The van der Waals surface area contributed by atoms with Crippen molar-refractivity contribution in [3.05, 3.63) is 71.3 Å². The molecule has 25 heavy (non-hydrogen) atoms. The average molecular weight is 359 g/mol. The van der Waals surface area contributed by atoms with Gasteiger partial charge in [0, 0.05) is 25.4 Å². The van der Waals surface area contributed by atoms with Crippen molar-refractivity contribution in [2.45, 2.75) is 25.7 Å². The highest BCUT2D eigenvalue weighted by Gasteiger charge is 2.34. The van der Waals surface area contributed by atoms with Gasteiger partial charge in [-0.25, -0.2) is 0 Å². The maximum atomic E-state index is 12.7. The molecule has 1 aliphatic rings. The summed E-state index contributed by atoms with van der Waals surface area (Å²) in [6.45, 7) is 4.30. The van der Waals surface area contributed by atoms with Crippen LogP contribution in [0.15, 0.2) is 54.6 Å². The highest BCUT2D eigenvalue weighted by Crippen LogP contribution is 2.32. The van der Waals surface area contributed by atoms with Crippen LogP contribution in [-0.2, 0) is 11.2 Å². The summed E-state index contributed by atoms with van der Waals surface area (Å²) in [7, 11) is 0. The molecule has 0 bridgehead atoms. The Morgan fingerprint density at radius 1 is 1.08 bits per heavy atom. The molecule has 0 unspecified atom stereocenters. The highest BCUT2D eigenvalue weighted by atomic mass is 35.5. The lowest BCUT2D eigenvalue weighted by molar-refractivity contribution is -0.130. The van der Waals surface area contributed by atoms with Gasteiger partial charge in [0.1, 0.15) is 0 Å². The number of benzene rings is 2. The van der Waals surface area contributed by atoms with Crippen molar-refractivity contribution in [2.75, 3.05) is 19.6 Å². The normalized spacial score (nSPS) is 19.5. The zero-order valence-corrected chi connectivity index (χ0v) is 15.5. The van der Waals surface area contributed by atoms with E-state index >= 15 is 0 Å². The second kappa shape index (κ2) is 9.02. The number of aryl methyl sites for hydroxylation is 2. The molecule has 2 N–H and O–H groups in total. The number of carbonyl (C=O) groups excluding carboxylic acids is 1. The first kappa shape index (κ1) is 19.5. The van der Waals surface area contributed by atoms with Crippen LogP contribution in [0, 0.1) is 12.8 Å². The molecular weight excluding hydrogens is 332 g/mol. The predicted octanol–water partition coefficient (Wildman–Crippen LogP) is 3.55. The zero-order valence-electron chi connectivity index (χ0n) is 14.7. The Morgan fingerprint density at radius 3 is 2.44 bits per heavy atom.